The molecule has 0 heterocycles. The average Bonchev–Trinajstić information content (AvgIpc) is 2.48. The molecule has 0 bridgehead atoms. The number of nitrogens with one attached hydrogen (secondary N) is 1. The van der Waals surface area contributed by atoms with E-state index in [4.69, 9.17) is 23.2 Å². The fourth-order valence-corrected chi connectivity index (χ4v) is 2.69. The summed E-state index contributed by atoms with van der Waals surface area (Å²) in [7, 11) is 1.99. The predicted molar refractivity (Wildman–Crippen MR) is 87.8 cm³/mol. The molecule has 1 N–H and O–H groups in total. The molecule has 2 aromatic carbocycles. The van der Waals surface area contributed by atoms with Gasteiger partial charge in [0.25, 0.3) is 0 Å². The molecule has 106 valence electrons. The van der Waals surface area contributed by atoms with E-state index in [9.17, 15) is 0 Å². The second-order valence-corrected chi connectivity index (χ2v) is 5.79. The van der Waals surface area contributed by atoms with Crippen molar-refractivity contribution in [2.75, 3.05) is 7.05 Å². The van der Waals surface area contributed by atoms with Crippen LogP contribution in [0.25, 0.3) is 0 Å². The highest BCUT2D eigenvalue weighted by atomic mass is 35.5. The highest BCUT2D eigenvalue weighted by Gasteiger charge is 2.10. The van der Waals surface area contributed by atoms with E-state index in [0.29, 0.717) is 6.04 Å². The second kappa shape index (κ2) is 7.68. The van der Waals surface area contributed by atoms with Crippen molar-refractivity contribution in [1.29, 1.82) is 0 Å². The molecule has 3 heteroatoms. The quantitative estimate of drug-likeness (QED) is 0.811. The number of rotatable bonds is 6. The van der Waals surface area contributed by atoms with Gasteiger partial charge in [-0.05, 0) is 55.6 Å². The van der Waals surface area contributed by atoms with Crippen molar-refractivity contribution < 1.29 is 0 Å². The van der Waals surface area contributed by atoms with Gasteiger partial charge in [0, 0.05) is 16.1 Å². The van der Waals surface area contributed by atoms with Crippen LogP contribution in [0, 0.1) is 0 Å². The van der Waals surface area contributed by atoms with E-state index < -0.39 is 0 Å². The van der Waals surface area contributed by atoms with Crippen LogP contribution in [-0.2, 0) is 12.8 Å². The fraction of sp³-hybridized carbons (Fsp3) is 0.294. The van der Waals surface area contributed by atoms with Gasteiger partial charge in [0.15, 0.2) is 0 Å². The lowest BCUT2D eigenvalue weighted by molar-refractivity contribution is 0.520. The Labute approximate surface area is 130 Å². The number of likely N-dealkylation sites (N-methyl/N-ethyl adjacent to an activating group) is 1. The Morgan fingerprint density at radius 2 is 1.80 bits per heavy atom. The van der Waals surface area contributed by atoms with Gasteiger partial charge in [-0.3, -0.25) is 0 Å². The minimum absolute atomic E-state index is 0.395. The van der Waals surface area contributed by atoms with Gasteiger partial charge in [0.1, 0.15) is 0 Å². The molecule has 0 aliphatic heterocycles. The zero-order valence-corrected chi connectivity index (χ0v) is 13.1. The summed E-state index contributed by atoms with van der Waals surface area (Å²) in [5, 5.41) is 4.89. The molecule has 2 rings (SSSR count). The van der Waals surface area contributed by atoms with Crippen LogP contribution in [0.5, 0.6) is 0 Å². The van der Waals surface area contributed by atoms with E-state index in [1.165, 1.54) is 5.56 Å². The SMILES string of the molecule is CNC(CCc1ccccc1)Cc1cc(Cl)ccc1Cl. The second-order valence-electron chi connectivity index (χ2n) is 4.95. The zero-order valence-electron chi connectivity index (χ0n) is 11.6. The molecule has 0 amide bonds. The molecule has 0 fully saturated rings. The molecule has 0 saturated carbocycles. The van der Waals surface area contributed by atoms with Crippen molar-refractivity contribution in [2.45, 2.75) is 25.3 Å². The number of benzene rings is 2. The molecule has 0 spiro atoms. The van der Waals surface area contributed by atoms with Gasteiger partial charge >= 0.3 is 0 Å². The van der Waals surface area contributed by atoms with Gasteiger partial charge in [-0.15, -0.1) is 0 Å². The van der Waals surface area contributed by atoms with Crippen LogP contribution in [0.2, 0.25) is 10.0 Å². The number of aryl methyl sites for hydroxylation is 1. The maximum Gasteiger partial charge on any atom is 0.0439 e. The molecule has 0 radical (unpaired) electrons. The largest absolute Gasteiger partial charge is 0.317 e. The summed E-state index contributed by atoms with van der Waals surface area (Å²) < 4.78 is 0. The maximum absolute atomic E-state index is 6.23. The molecule has 2 aromatic rings. The van der Waals surface area contributed by atoms with Crippen LogP contribution in [0.3, 0.4) is 0 Å². The first-order valence-electron chi connectivity index (χ1n) is 6.84. The van der Waals surface area contributed by atoms with Crippen LogP contribution in [0.1, 0.15) is 17.5 Å². The lowest BCUT2D eigenvalue weighted by Gasteiger charge is -2.17. The van der Waals surface area contributed by atoms with Crippen molar-refractivity contribution in [3.8, 4) is 0 Å². The molecule has 1 unspecified atom stereocenters. The van der Waals surface area contributed by atoms with Crippen LogP contribution in [0.15, 0.2) is 48.5 Å². The molecule has 0 aromatic heterocycles. The summed E-state index contributed by atoms with van der Waals surface area (Å²) in [4.78, 5) is 0. The van der Waals surface area contributed by atoms with E-state index in [0.717, 1.165) is 34.9 Å². The molecule has 0 saturated heterocycles. The standard InChI is InChI=1S/C17H19Cl2N/c1-20-16(9-7-13-5-3-2-4-6-13)12-14-11-15(18)8-10-17(14)19/h2-6,8,10-11,16,20H,7,9,12H2,1H3. The molecule has 0 aliphatic carbocycles. The van der Waals surface area contributed by atoms with Gasteiger partial charge in [0.2, 0.25) is 0 Å². The minimum atomic E-state index is 0.395. The third-order valence-electron chi connectivity index (χ3n) is 3.51. The molecule has 1 atom stereocenters. The lowest BCUT2D eigenvalue weighted by Crippen LogP contribution is -2.28. The van der Waals surface area contributed by atoms with Crippen molar-refractivity contribution in [3.05, 3.63) is 69.7 Å². The average molecular weight is 308 g/mol. The number of hydrogen-bond donors (Lipinski definition) is 1. The molecule has 20 heavy (non-hydrogen) atoms. The Hall–Kier alpha value is -1.02. The first-order chi connectivity index (χ1) is 9.69. The van der Waals surface area contributed by atoms with Crippen molar-refractivity contribution in [2.24, 2.45) is 0 Å². The first-order valence-corrected chi connectivity index (χ1v) is 7.59. The summed E-state index contributed by atoms with van der Waals surface area (Å²) in [5.41, 5.74) is 2.47. The molecule has 0 aliphatic rings. The predicted octanol–water partition coefficient (Wildman–Crippen LogP) is 4.76. The summed E-state index contributed by atoms with van der Waals surface area (Å²) in [6.07, 6.45) is 3.02. The zero-order chi connectivity index (χ0) is 14.4. The van der Waals surface area contributed by atoms with Crippen LogP contribution in [0.4, 0.5) is 0 Å². The molecular formula is C17H19Cl2N. The summed E-state index contributed by atoms with van der Waals surface area (Å²) in [5.74, 6) is 0. The summed E-state index contributed by atoms with van der Waals surface area (Å²) >= 11 is 12.3. The Kier molecular flexibility index (Phi) is 5.90. The normalized spacial score (nSPS) is 12.3. The molecular weight excluding hydrogens is 289 g/mol. The Balaban J connectivity index is 1.97. The monoisotopic (exact) mass is 307 g/mol. The van der Waals surface area contributed by atoms with Crippen molar-refractivity contribution in [3.63, 3.8) is 0 Å². The Bertz CT molecular complexity index is 540. The third-order valence-corrected chi connectivity index (χ3v) is 4.11. The van der Waals surface area contributed by atoms with Gasteiger partial charge in [-0.1, -0.05) is 53.5 Å². The summed E-state index contributed by atoms with van der Waals surface area (Å²) in [6, 6.07) is 16.6. The van der Waals surface area contributed by atoms with Gasteiger partial charge in [0.05, 0.1) is 0 Å². The number of halogens is 2. The first kappa shape index (κ1) is 15.4. The van der Waals surface area contributed by atoms with E-state index in [2.05, 4.69) is 29.6 Å². The highest BCUT2D eigenvalue weighted by Crippen LogP contribution is 2.22. The maximum atomic E-state index is 6.23. The Morgan fingerprint density at radius 3 is 2.50 bits per heavy atom. The van der Waals surface area contributed by atoms with E-state index in [1.807, 2.05) is 31.3 Å². The van der Waals surface area contributed by atoms with Gasteiger partial charge in [-0.2, -0.15) is 0 Å². The topological polar surface area (TPSA) is 12.0 Å². The highest BCUT2D eigenvalue weighted by molar-refractivity contribution is 6.33. The fourth-order valence-electron chi connectivity index (χ4n) is 2.30. The van der Waals surface area contributed by atoms with Crippen LogP contribution < -0.4 is 5.32 Å². The van der Waals surface area contributed by atoms with E-state index in [-0.39, 0.29) is 0 Å². The van der Waals surface area contributed by atoms with Crippen molar-refractivity contribution >= 4 is 23.2 Å². The summed E-state index contributed by atoms with van der Waals surface area (Å²) in [6.45, 7) is 0. The van der Waals surface area contributed by atoms with Crippen LogP contribution >= 0.6 is 23.2 Å². The minimum Gasteiger partial charge on any atom is -0.317 e. The van der Waals surface area contributed by atoms with E-state index >= 15 is 0 Å². The van der Waals surface area contributed by atoms with Crippen molar-refractivity contribution in [1.82, 2.24) is 5.32 Å². The van der Waals surface area contributed by atoms with Gasteiger partial charge < -0.3 is 5.32 Å². The lowest BCUT2D eigenvalue weighted by atomic mass is 9.99. The molecule has 1 nitrogen and oxygen atoms in total. The van der Waals surface area contributed by atoms with Crippen LogP contribution in [-0.4, -0.2) is 13.1 Å². The van der Waals surface area contributed by atoms with E-state index in [1.54, 1.807) is 0 Å². The number of hydrogen-bond acceptors (Lipinski definition) is 1. The Morgan fingerprint density at radius 1 is 1.05 bits per heavy atom. The van der Waals surface area contributed by atoms with Gasteiger partial charge in [-0.25, -0.2) is 0 Å². The third kappa shape index (κ3) is 4.52. The smallest absolute Gasteiger partial charge is 0.0439 e.